The summed E-state index contributed by atoms with van der Waals surface area (Å²) in [6, 6.07) is 13.8. The zero-order valence-electron chi connectivity index (χ0n) is 13.3. The number of aliphatic hydroxyl groups is 1. The Bertz CT molecular complexity index is 613. The highest BCUT2D eigenvalue weighted by Crippen LogP contribution is 2.29. The Kier molecular flexibility index (Phi) is 5.67. The third-order valence-corrected chi connectivity index (χ3v) is 3.52. The van der Waals surface area contributed by atoms with Crippen LogP contribution in [0.3, 0.4) is 0 Å². The number of anilines is 1. The lowest BCUT2D eigenvalue weighted by Gasteiger charge is -2.20. The second-order valence-electron chi connectivity index (χ2n) is 5.02. The van der Waals surface area contributed by atoms with Crippen molar-refractivity contribution in [3.63, 3.8) is 0 Å². The normalized spacial score (nSPS) is 11.8. The topological polar surface area (TPSA) is 50.7 Å². The Labute approximate surface area is 131 Å². The van der Waals surface area contributed by atoms with Crippen LogP contribution in [0, 0.1) is 0 Å². The van der Waals surface area contributed by atoms with Gasteiger partial charge in [-0.2, -0.15) is 0 Å². The summed E-state index contributed by atoms with van der Waals surface area (Å²) in [6.45, 7) is 4.65. The van der Waals surface area contributed by atoms with Crippen molar-refractivity contribution in [2.24, 2.45) is 0 Å². The van der Waals surface area contributed by atoms with Crippen molar-refractivity contribution < 1.29 is 14.6 Å². The van der Waals surface area contributed by atoms with Crippen molar-refractivity contribution >= 4 is 5.69 Å². The van der Waals surface area contributed by atoms with E-state index in [0.29, 0.717) is 12.4 Å². The summed E-state index contributed by atoms with van der Waals surface area (Å²) < 4.78 is 10.9. The highest BCUT2D eigenvalue weighted by Gasteiger charge is 2.12. The number of methoxy groups -OCH3 is 1. The minimum Gasteiger partial charge on any atom is -0.496 e. The van der Waals surface area contributed by atoms with E-state index < -0.39 is 0 Å². The third-order valence-electron chi connectivity index (χ3n) is 3.52. The van der Waals surface area contributed by atoms with Gasteiger partial charge in [0.2, 0.25) is 0 Å². The molecule has 2 N–H and O–H groups in total. The first-order valence-corrected chi connectivity index (χ1v) is 7.45. The fraction of sp³-hybridized carbons (Fsp3) is 0.333. The van der Waals surface area contributed by atoms with Crippen LogP contribution in [0.2, 0.25) is 0 Å². The zero-order valence-corrected chi connectivity index (χ0v) is 13.3. The molecule has 0 aliphatic heterocycles. The Balaban J connectivity index is 2.20. The number of nitrogens with one attached hydrogen (secondary N) is 1. The lowest BCUT2D eigenvalue weighted by atomic mass is 10.1. The zero-order chi connectivity index (χ0) is 15.9. The lowest BCUT2D eigenvalue weighted by Crippen LogP contribution is -2.09. The van der Waals surface area contributed by atoms with E-state index in [1.807, 2.05) is 43.3 Å². The van der Waals surface area contributed by atoms with Gasteiger partial charge in [0.25, 0.3) is 0 Å². The van der Waals surface area contributed by atoms with Crippen LogP contribution < -0.4 is 14.8 Å². The SMILES string of the molecule is CCOc1ccccc1C(C)Nc1ccc(OC)c(CO)c1. The largest absolute Gasteiger partial charge is 0.496 e. The Morgan fingerprint density at radius 3 is 2.59 bits per heavy atom. The molecule has 0 saturated carbocycles. The van der Waals surface area contributed by atoms with E-state index in [-0.39, 0.29) is 12.6 Å². The van der Waals surface area contributed by atoms with Crippen LogP contribution in [0.5, 0.6) is 11.5 Å². The van der Waals surface area contributed by atoms with Crippen LogP contribution >= 0.6 is 0 Å². The standard InChI is InChI=1S/C18H23NO3/c1-4-22-18-8-6-5-7-16(18)13(2)19-15-9-10-17(21-3)14(11-15)12-20/h5-11,13,19-20H,4,12H2,1-3H3. The lowest BCUT2D eigenvalue weighted by molar-refractivity contribution is 0.274. The van der Waals surface area contributed by atoms with Crippen LogP contribution in [-0.2, 0) is 6.61 Å². The minimum absolute atomic E-state index is 0.0530. The Hall–Kier alpha value is -2.20. The molecule has 0 spiro atoms. The molecule has 0 amide bonds. The molecule has 0 aliphatic rings. The number of hydrogen-bond donors (Lipinski definition) is 2. The summed E-state index contributed by atoms with van der Waals surface area (Å²) in [6.07, 6.45) is 0. The van der Waals surface area contributed by atoms with E-state index in [4.69, 9.17) is 9.47 Å². The molecule has 0 fully saturated rings. The van der Waals surface area contributed by atoms with Crippen molar-refractivity contribution in [2.75, 3.05) is 19.0 Å². The molecule has 1 atom stereocenters. The number of ether oxygens (including phenoxy) is 2. The molecule has 2 aromatic carbocycles. The molecule has 118 valence electrons. The van der Waals surface area contributed by atoms with Gasteiger partial charge in [0.05, 0.1) is 26.4 Å². The minimum atomic E-state index is -0.0530. The first kappa shape index (κ1) is 16.2. The summed E-state index contributed by atoms with van der Waals surface area (Å²) in [5.74, 6) is 1.58. The number of aliphatic hydroxyl groups excluding tert-OH is 1. The summed E-state index contributed by atoms with van der Waals surface area (Å²) in [5.41, 5.74) is 2.80. The first-order valence-electron chi connectivity index (χ1n) is 7.45. The molecular formula is C18H23NO3. The molecule has 0 saturated heterocycles. The van der Waals surface area contributed by atoms with Gasteiger partial charge < -0.3 is 19.9 Å². The van der Waals surface area contributed by atoms with Crippen molar-refractivity contribution in [1.29, 1.82) is 0 Å². The molecule has 2 rings (SSSR count). The fourth-order valence-electron chi connectivity index (χ4n) is 2.44. The first-order chi connectivity index (χ1) is 10.7. The highest BCUT2D eigenvalue weighted by molar-refractivity contribution is 5.53. The molecule has 2 aromatic rings. The van der Waals surface area contributed by atoms with Gasteiger partial charge in [0.15, 0.2) is 0 Å². The number of hydrogen-bond acceptors (Lipinski definition) is 4. The third kappa shape index (κ3) is 3.71. The van der Waals surface area contributed by atoms with E-state index in [2.05, 4.69) is 18.3 Å². The molecule has 0 bridgehead atoms. The highest BCUT2D eigenvalue weighted by atomic mass is 16.5. The van der Waals surface area contributed by atoms with E-state index >= 15 is 0 Å². The predicted octanol–water partition coefficient (Wildman–Crippen LogP) is 3.76. The van der Waals surface area contributed by atoms with Gasteiger partial charge in [0, 0.05) is 16.8 Å². The van der Waals surface area contributed by atoms with Gasteiger partial charge in [-0.15, -0.1) is 0 Å². The quantitative estimate of drug-likeness (QED) is 0.817. The van der Waals surface area contributed by atoms with Gasteiger partial charge in [-0.3, -0.25) is 0 Å². The average Bonchev–Trinajstić information content (AvgIpc) is 2.55. The fourth-order valence-corrected chi connectivity index (χ4v) is 2.44. The molecule has 4 heteroatoms. The van der Waals surface area contributed by atoms with E-state index in [1.54, 1.807) is 7.11 Å². The van der Waals surface area contributed by atoms with Crippen LogP contribution in [0.1, 0.15) is 31.0 Å². The van der Waals surface area contributed by atoms with Gasteiger partial charge >= 0.3 is 0 Å². The van der Waals surface area contributed by atoms with Crippen molar-refractivity contribution in [1.82, 2.24) is 0 Å². The number of benzene rings is 2. The number of para-hydroxylation sites is 1. The molecular weight excluding hydrogens is 278 g/mol. The Morgan fingerprint density at radius 2 is 1.91 bits per heavy atom. The monoisotopic (exact) mass is 301 g/mol. The predicted molar refractivity (Wildman–Crippen MR) is 88.6 cm³/mol. The molecule has 0 heterocycles. The second-order valence-corrected chi connectivity index (χ2v) is 5.02. The van der Waals surface area contributed by atoms with Crippen LogP contribution in [0.15, 0.2) is 42.5 Å². The van der Waals surface area contributed by atoms with E-state index in [1.165, 1.54) is 0 Å². The second kappa shape index (κ2) is 7.71. The van der Waals surface area contributed by atoms with Crippen molar-refractivity contribution in [3.8, 4) is 11.5 Å². The maximum Gasteiger partial charge on any atom is 0.124 e. The molecule has 0 aromatic heterocycles. The summed E-state index contributed by atoms with van der Waals surface area (Å²) in [4.78, 5) is 0. The van der Waals surface area contributed by atoms with Gasteiger partial charge in [-0.1, -0.05) is 18.2 Å². The maximum atomic E-state index is 9.41. The molecule has 4 nitrogen and oxygen atoms in total. The van der Waals surface area contributed by atoms with Crippen LogP contribution in [-0.4, -0.2) is 18.8 Å². The number of rotatable bonds is 7. The van der Waals surface area contributed by atoms with Crippen LogP contribution in [0.4, 0.5) is 5.69 Å². The molecule has 0 radical (unpaired) electrons. The van der Waals surface area contributed by atoms with Crippen molar-refractivity contribution in [2.45, 2.75) is 26.5 Å². The maximum absolute atomic E-state index is 9.41. The Morgan fingerprint density at radius 1 is 1.14 bits per heavy atom. The summed E-state index contributed by atoms with van der Waals surface area (Å²) in [5, 5.41) is 12.8. The van der Waals surface area contributed by atoms with Gasteiger partial charge in [0.1, 0.15) is 11.5 Å². The average molecular weight is 301 g/mol. The summed E-state index contributed by atoms with van der Waals surface area (Å²) in [7, 11) is 1.60. The molecule has 0 aliphatic carbocycles. The van der Waals surface area contributed by atoms with Gasteiger partial charge in [-0.05, 0) is 38.1 Å². The van der Waals surface area contributed by atoms with E-state index in [0.717, 1.165) is 22.6 Å². The summed E-state index contributed by atoms with van der Waals surface area (Å²) >= 11 is 0. The molecule has 22 heavy (non-hydrogen) atoms. The van der Waals surface area contributed by atoms with Crippen LogP contribution in [0.25, 0.3) is 0 Å². The molecule has 1 unspecified atom stereocenters. The van der Waals surface area contributed by atoms with Crippen molar-refractivity contribution in [3.05, 3.63) is 53.6 Å². The van der Waals surface area contributed by atoms with Gasteiger partial charge in [-0.25, -0.2) is 0 Å². The smallest absolute Gasteiger partial charge is 0.124 e. The van der Waals surface area contributed by atoms with E-state index in [9.17, 15) is 5.11 Å².